The second-order valence-electron chi connectivity index (χ2n) is 4.28. The van der Waals surface area contributed by atoms with Crippen molar-refractivity contribution in [3.8, 4) is 0 Å². The molecule has 0 aliphatic rings. The first-order valence-electron chi connectivity index (χ1n) is 6.52. The quantitative estimate of drug-likeness (QED) is 0.444. The third kappa shape index (κ3) is 3.90. The molecule has 0 saturated carbocycles. The summed E-state index contributed by atoms with van der Waals surface area (Å²) < 4.78 is 2.00. The normalized spacial score (nSPS) is 11.1. The van der Waals surface area contributed by atoms with Crippen LogP contribution in [0.5, 0.6) is 0 Å². The van der Waals surface area contributed by atoms with Crippen LogP contribution < -0.4 is 5.43 Å². The Kier molecular flexibility index (Phi) is 4.77. The minimum absolute atomic E-state index is 0.170. The maximum Gasteiger partial charge on any atom is 0.250 e. The molecule has 7 heteroatoms. The number of carbonyl (C=O) groups is 1. The van der Waals surface area contributed by atoms with E-state index in [1.54, 1.807) is 17.5 Å². The molecule has 0 unspecified atom stereocenters. The average molecular weight is 328 g/mol. The first-order chi connectivity index (χ1) is 10.8. The van der Waals surface area contributed by atoms with E-state index in [1.165, 1.54) is 18.0 Å². The molecule has 1 aromatic carbocycles. The Morgan fingerprint density at radius 2 is 2.14 bits per heavy atom. The number of thiazole rings is 1. The monoisotopic (exact) mass is 328 g/mol. The number of nitrogens with one attached hydrogen (secondary N) is 1. The van der Waals surface area contributed by atoms with Gasteiger partial charge in [0.15, 0.2) is 4.34 Å². The zero-order chi connectivity index (χ0) is 15.2. The van der Waals surface area contributed by atoms with Crippen molar-refractivity contribution in [3.63, 3.8) is 0 Å². The summed E-state index contributed by atoms with van der Waals surface area (Å²) in [5.41, 5.74) is 4.14. The van der Waals surface area contributed by atoms with Gasteiger partial charge in [-0.15, -0.1) is 11.3 Å². The number of rotatable bonds is 5. The molecule has 0 bridgehead atoms. The zero-order valence-corrected chi connectivity index (χ0v) is 13.1. The molecule has 0 saturated heterocycles. The fourth-order valence-corrected chi connectivity index (χ4v) is 3.56. The molecule has 0 fully saturated rings. The van der Waals surface area contributed by atoms with Crippen LogP contribution in [0.3, 0.4) is 0 Å². The van der Waals surface area contributed by atoms with Gasteiger partial charge in [0.25, 0.3) is 5.91 Å². The zero-order valence-electron chi connectivity index (χ0n) is 11.5. The topological polar surface area (TPSA) is 67.2 Å². The molecular formula is C15H12N4OS2. The van der Waals surface area contributed by atoms with Gasteiger partial charge in [-0.05, 0) is 24.3 Å². The average Bonchev–Trinajstić information content (AvgIpc) is 2.97. The molecule has 2 heterocycles. The SMILES string of the molecule is O=C(CSc1nc2ccccc2s1)NN=Cc1ccccn1. The smallest absolute Gasteiger partial charge is 0.250 e. The van der Waals surface area contributed by atoms with Crippen LogP contribution in [0.15, 0.2) is 58.1 Å². The molecule has 0 atom stereocenters. The van der Waals surface area contributed by atoms with Gasteiger partial charge in [0.2, 0.25) is 0 Å². The summed E-state index contributed by atoms with van der Waals surface area (Å²) in [5.74, 6) is 0.107. The van der Waals surface area contributed by atoms with Crippen molar-refractivity contribution in [2.24, 2.45) is 5.10 Å². The number of carbonyl (C=O) groups excluding carboxylic acids is 1. The van der Waals surface area contributed by atoms with Gasteiger partial charge >= 0.3 is 0 Å². The predicted molar refractivity (Wildman–Crippen MR) is 90.3 cm³/mol. The molecule has 0 spiro atoms. The Balaban J connectivity index is 1.51. The molecule has 1 N–H and O–H groups in total. The molecule has 1 amide bonds. The van der Waals surface area contributed by atoms with Crippen LogP contribution in [0.4, 0.5) is 0 Å². The van der Waals surface area contributed by atoms with Crippen molar-refractivity contribution in [3.05, 3.63) is 54.4 Å². The van der Waals surface area contributed by atoms with Gasteiger partial charge in [-0.25, -0.2) is 10.4 Å². The van der Waals surface area contributed by atoms with Crippen molar-refractivity contribution < 1.29 is 4.79 Å². The fraction of sp³-hybridized carbons (Fsp3) is 0.0667. The van der Waals surface area contributed by atoms with Gasteiger partial charge < -0.3 is 0 Å². The number of fused-ring (bicyclic) bond motifs is 1. The Morgan fingerprint density at radius 1 is 1.27 bits per heavy atom. The highest BCUT2D eigenvalue weighted by Crippen LogP contribution is 2.28. The van der Waals surface area contributed by atoms with Gasteiger partial charge in [-0.2, -0.15) is 5.10 Å². The second-order valence-corrected chi connectivity index (χ2v) is 6.54. The Bertz CT molecular complexity index is 768. The summed E-state index contributed by atoms with van der Waals surface area (Å²) in [5, 5.41) is 3.88. The van der Waals surface area contributed by atoms with Crippen LogP contribution in [0.2, 0.25) is 0 Å². The van der Waals surface area contributed by atoms with E-state index in [0.29, 0.717) is 5.69 Å². The summed E-state index contributed by atoms with van der Waals surface area (Å²) in [4.78, 5) is 20.3. The van der Waals surface area contributed by atoms with Crippen molar-refractivity contribution >= 4 is 45.4 Å². The maximum absolute atomic E-state index is 11.7. The second kappa shape index (κ2) is 7.15. The van der Waals surface area contributed by atoms with Crippen LogP contribution in [0.25, 0.3) is 10.2 Å². The lowest BCUT2D eigenvalue weighted by Crippen LogP contribution is -2.19. The minimum atomic E-state index is -0.170. The number of hydrogen-bond acceptors (Lipinski definition) is 6. The van der Waals surface area contributed by atoms with E-state index in [4.69, 9.17) is 0 Å². The first kappa shape index (κ1) is 14.7. The molecule has 110 valence electrons. The Morgan fingerprint density at radius 3 is 2.95 bits per heavy atom. The number of nitrogens with zero attached hydrogens (tertiary/aromatic N) is 3. The Labute approximate surface area is 135 Å². The number of para-hydroxylation sites is 1. The highest BCUT2D eigenvalue weighted by atomic mass is 32.2. The van der Waals surface area contributed by atoms with Gasteiger partial charge in [-0.3, -0.25) is 9.78 Å². The molecule has 3 aromatic rings. The largest absolute Gasteiger partial charge is 0.272 e. The molecular weight excluding hydrogens is 316 g/mol. The highest BCUT2D eigenvalue weighted by molar-refractivity contribution is 8.01. The van der Waals surface area contributed by atoms with E-state index in [9.17, 15) is 4.79 Å². The molecule has 22 heavy (non-hydrogen) atoms. The summed E-state index contributed by atoms with van der Waals surface area (Å²) in [7, 11) is 0. The summed E-state index contributed by atoms with van der Waals surface area (Å²) in [6, 6.07) is 13.4. The number of amides is 1. The van der Waals surface area contributed by atoms with Gasteiger partial charge in [0, 0.05) is 6.20 Å². The number of thioether (sulfide) groups is 1. The predicted octanol–water partition coefficient (Wildman–Crippen LogP) is 2.93. The number of hydrazone groups is 1. The van der Waals surface area contributed by atoms with Crippen LogP contribution >= 0.6 is 23.1 Å². The van der Waals surface area contributed by atoms with Crippen LogP contribution in [0, 0.1) is 0 Å². The van der Waals surface area contributed by atoms with E-state index in [2.05, 4.69) is 20.5 Å². The maximum atomic E-state index is 11.7. The van der Waals surface area contributed by atoms with Gasteiger partial charge in [-0.1, -0.05) is 30.0 Å². The van der Waals surface area contributed by atoms with E-state index in [-0.39, 0.29) is 11.7 Å². The molecule has 0 aliphatic heterocycles. The van der Waals surface area contributed by atoms with E-state index < -0.39 is 0 Å². The third-order valence-electron chi connectivity index (χ3n) is 2.67. The summed E-state index contributed by atoms with van der Waals surface area (Å²) >= 11 is 2.99. The fourth-order valence-electron chi connectivity index (χ4n) is 1.70. The number of hydrogen-bond donors (Lipinski definition) is 1. The first-order valence-corrected chi connectivity index (χ1v) is 8.33. The number of benzene rings is 1. The third-order valence-corrected chi connectivity index (χ3v) is 4.85. The van der Waals surface area contributed by atoms with Gasteiger partial charge in [0.1, 0.15) is 0 Å². The van der Waals surface area contributed by atoms with Crippen molar-refractivity contribution in [2.75, 3.05) is 5.75 Å². The summed E-state index contributed by atoms with van der Waals surface area (Å²) in [6.45, 7) is 0. The number of pyridine rings is 1. The van der Waals surface area contributed by atoms with E-state index >= 15 is 0 Å². The van der Waals surface area contributed by atoms with Crippen molar-refractivity contribution in [2.45, 2.75) is 4.34 Å². The lowest BCUT2D eigenvalue weighted by Gasteiger charge is -1.97. The highest BCUT2D eigenvalue weighted by Gasteiger charge is 2.06. The van der Waals surface area contributed by atoms with Crippen LogP contribution in [-0.2, 0) is 4.79 Å². The standard InChI is InChI=1S/C15H12N4OS2/c20-14(19-17-9-11-5-3-4-8-16-11)10-21-15-18-12-6-1-2-7-13(12)22-15/h1-9H,10H2,(H,19,20). The van der Waals surface area contributed by atoms with Crippen LogP contribution in [0.1, 0.15) is 5.69 Å². The lowest BCUT2D eigenvalue weighted by atomic mass is 10.3. The molecule has 3 rings (SSSR count). The van der Waals surface area contributed by atoms with E-state index in [0.717, 1.165) is 14.6 Å². The van der Waals surface area contributed by atoms with Crippen LogP contribution in [-0.4, -0.2) is 27.8 Å². The molecule has 2 aromatic heterocycles. The lowest BCUT2D eigenvalue weighted by molar-refractivity contribution is -0.118. The molecule has 0 aliphatic carbocycles. The minimum Gasteiger partial charge on any atom is -0.272 e. The summed E-state index contributed by atoms with van der Waals surface area (Å²) in [6.07, 6.45) is 3.19. The van der Waals surface area contributed by atoms with Crippen molar-refractivity contribution in [1.29, 1.82) is 0 Å². The Hall–Kier alpha value is -2.25. The van der Waals surface area contributed by atoms with Gasteiger partial charge in [0.05, 0.1) is 27.9 Å². The van der Waals surface area contributed by atoms with E-state index in [1.807, 2.05) is 42.5 Å². The molecule has 0 radical (unpaired) electrons. The van der Waals surface area contributed by atoms with Crippen molar-refractivity contribution in [1.82, 2.24) is 15.4 Å². The number of aromatic nitrogens is 2. The molecule has 5 nitrogen and oxygen atoms in total.